The zero-order valence-electron chi connectivity index (χ0n) is 12.2. The SMILES string of the molecule is COC(=O)c1cn(-c2ccc(Br)cc2)c(-c2ccc(Cl)cc2)n1. The van der Waals surface area contributed by atoms with E-state index >= 15 is 0 Å². The molecule has 0 aliphatic carbocycles. The smallest absolute Gasteiger partial charge is 0.358 e. The van der Waals surface area contributed by atoms with Crippen molar-refractivity contribution in [1.82, 2.24) is 9.55 Å². The lowest BCUT2D eigenvalue weighted by Crippen LogP contribution is -2.01. The average molecular weight is 392 g/mol. The van der Waals surface area contributed by atoms with E-state index in [4.69, 9.17) is 16.3 Å². The van der Waals surface area contributed by atoms with Crippen molar-refractivity contribution in [3.05, 3.63) is 69.9 Å². The second-order valence-electron chi connectivity index (χ2n) is 4.79. The van der Waals surface area contributed by atoms with Crippen molar-refractivity contribution in [2.75, 3.05) is 7.11 Å². The molecule has 0 aliphatic heterocycles. The summed E-state index contributed by atoms with van der Waals surface area (Å²) in [4.78, 5) is 16.2. The van der Waals surface area contributed by atoms with E-state index < -0.39 is 5.97 Å². The lowest BCUT2D eigenvalue weighted by molar-refractivity contribution is 0.0594. The summed E-state index contributed by atoms with van der Waals surface area (Å²) in [5.41, 5.74) is 1.99. The van der Waals surface area contributed by atoms with Gasteiger partial charge >= 0.3 is 5.97 Å². The van der Waals surface area contributed by atoms with Crippen LogP contribution in [0.5, 0.6) is 0 Å². The van der Waals surface area contributed by atoms with E-state index in [1.54, 1.807) is 18.3 Å². The summed E-state index contributed by atoms with van der Waals surface area (Å²) >= 11 is 9.36. The van der Waals surface area contributed by atoms with Crippen molar-refractivity contribution in [2.24, 2.45) is 0 Å². The van der Waals surface area contributed by atoms with Crippen molar-refractivity contribution in [3.8, 4) is 17.1 Å². The number of methoxy groups -OCH3 is 1. The van der Waals surface area contributed by atoms with Gasteiger partial charge in [0.25, 0.3) is 0 Å². The van der Waals surface area contributed by atoms with Gasteiger partial charge < -0.3 is 4.74 Å². The molecular weight excluding hydrogens is 380 g/mol. The Hall–Kier alpha value is -2.11. The van der Waals surface area contributed by atoms with E-state index in [-0.39, 0.29) is 5.69 Å². The predicted octanol–water partition coefficient (Wildman–Crippen LogP) is 4.74. The molecule has 0 radical (unpaired) electrons. The van der Waals surface area contributed by atoms with Gasteiger partial charge in [0.15, 0.2) is 5.69 Å². The number of nitrogens with zero attached hydrogens (tertiary/aromatic N) is 2. The maximum atomic E-state index is 11.8. The van der Waals surface area contributed by atoms with Crippen LogP contribution in [-0.2, 0) is 4.74 Å². The first-order chi connectivity index (χ1) is 11.1. The Bertz CT molecular complexity index is 779. The highest BCUT2D eigenvalue weighted by Crippen LogP contribution is 2.25. The molecule has 6 heteroatoms. The van der Waals surface area contributed by atoms with Gasteiger partial charge in [-0.2, -0.15) is 0 Å². The average Bonchev–Trinajstić information content (AvgIpc) is 3.01. The van der Waals surface area contributed by atoms with Crippen LogP contribution in [0.1, 0.15) is 10.5 Å². The van der Waals surface area contributed by atoms with Gasteiger partial charge in [0.1, 0.15) is 5.82 Å². The maximum absolute atomic E-state index is 11.8. The molecule has 0 atom stereocenters. The third-order valence-corrected chi connectivity index (χ3v) is 4.09. The summed E-state index contributed by atoms with van der Waals surface area (Å²) in [6, 6.07) is 15.0. The van der Waals surface area contributed by atoms with E-state index in [0.717, 1.165) is 15.7 Å². The molecular formula is C17H12BrClN2O2. The van der Waals surface area contributed by atoms with Crippen molar-refractivity contribution >= 4 is 33.5 Å². The van der Waals surface area contributed by atoms with Gasteiger partial charge in [-0.3, -0.25) is 4.57 Å². The summed E-state index contributed by atoms with van der Waals surface area (Å²) in [6.45, 7) is 0. The van der Waals surface area contributed by atoms with Gasteiger partial charge in [-0.1, -0.05) is 27.5 Å². The lowest BCUT2D eigenvalue weighted by atomic mass is 10.2. The van der Waals surface area contributed by atoms with Crippen molar-refractivity contribution in [3.63, 3.8) is 0 Å². The zero-order chi connectivity index (χ0) is 16.4. The molecule has 0 saturated carbocycles. The monoisotopic (exact) mass is 390 g/mol. The zero-order valence-corrected chi connectivity index (χ0v) is 14.5. The highest BCUT2D eigenvalue weighted by atomic mass is 79.9. The minimum atomic E-state index is -0.476. The van der Waals surface area contributed by atoms with Crippen LogP contribution in [0.4, 0.5) is 0 Å². The molecule has 1 aromatic heterocycles. The summed E-state index contributed by atoms with van der Waals surface area (Å²) < 4.78 is 7.59. The third kappa shape index (κ3) is 3.30. The number of aromatic nitrogens is 2. The quantitative estimate of drug-likeness (QED) is 0.606. The number of benzene rings is 2. The largest absolute Gasteiger partial charge is 0.464 e. The Balaban J connectivity index is 2.16. The van der Waals surface area contributed by atoms with Gasteiger partial charge in [0.05, 0.1) is 7.11 Å². The molecule has 0 N–H and O–H groups in total. The Labute approximate surface area is 146 Å². The fourth-order valence-corrected chi connectivity index (χ4v) is 2.57. The topological polar surface area (TPSA) is 44.1 Å². The molecule has 3 aromatic rings. The fraction of sp³-hybridized carbons (Fsp3) is 0.0588. The second kappa shape index (κ2) is 6.56. The first-order valence-corrected chi connectivity index (χ1v) is 7.95. The van der Waals surface area contributed by atoms with E-state index in [1.807, 2.05) is 41.0 Å². The van der Waals surface area contributed by atoms with Crippen molar-refractivity contribution in [1.29, 1.82) is 0 Å². The molecule has 0 spiro atoms. The minimum Gasteiger partial charge on any atom is -0.464 e. The van der Waals surface area contributed by atoms with Crippen LogP contribution in [0.15, 0.2) is 59.2 Å². The Morgan fingerprint density at radius 3 is 2.39 bits per heavy atom. The summed E-state index contributed by atoms with van der Waals surface area (Å²) in [5, 5.41) is 0.642. The summed E-state index contributed by atoms with van der Waals surface area (Å²) in [6.07, 6.45) is 1.67. The number of halogens is 2. The van der Waals surface area contributed by atoms with Gasteiger partial charge in [-0.15, -0.1) is 0 Å². The van der Waals surface area contributed by atoms with Gasteiger partial charge in [0.2, 0.25) is 0 Å². The van der Waals surface area contributed by atoms with Crippen molar-refractivity contribution < 1.29 is 9.53 Å². The van der Waals surface area contributed by atoms with Crippen LogP contribution in [0.2, 0.25) is 5.02 Å². The Kier molecular flexibility index (Phi) is 4.50. The highest BCUT2D eigenvalue weighted by molar-refractivity contribution is 9.10. The molecule has 116 valence electrons. The molecule has 0 fully saturated rings. The number of imidazole rings is 1. The van der Waals surface area contributed by atoms with Crippen LogP contribution < -0.4 is 0 Å². The third-order valence-electron chi connectivity index (χ3n) is 3.31. The van der Waals surface area contributed by atoms with Gasteiger partial charge in [0, 0.05) is 26.9 Å². The molecule has 0 bridgehead atoms. The van der Waals surface area contributed by atoms with Crippen LogP contribution in [0, 0.1) is 0 Å². The predicted molar refractivity (Wildman–Crippen MR) is 93.0 cm³/mol. The maximum Gasteiger partial charge on any atom is 0.358 e. The fourth-order valence-electron chi connectivity index (χ4n) is 2.18. The molecule has 0 saturated heterocycles. The molecule has 4 nitrogen and oxygen atoms in total. The Morgan fingerprint density at radius 1 is 1.13 bits per heavy atom. The lowest BCUT2D eigenvalue weighted by Gasteiger charge is -2.08. The number of hydrogen-bond donors (Lipinski definition) is 0. The normalized spacial score (nSPS) is 10.6. The number of esters is 1. The van der Waals surface area contributed by atoms with E-state index in [1.165, 1.54) is 7.11 Å². The number of hydrogen-bond acceptors (Lipinski definition) is 3. The van der Waals surface area contributed by atoms with E-state index in [0.29, 0.717) is 10.8 Å². The number of rotatable bonds is 3. The van der Waals surface area contributed by atoms with E-state index in [9.17, 15) is 4.79 Å². The van der Waals surface area contributed by atoms with Crippen LogP contribution >= 0.6 is 27.5 Å². The molecule has 2 aromatic carbocycles. The van der Waals surface area contributed by atoms with Crippen LogP contribution in [0.3, 0.4) is 0 Å². The minimum absolute atomic E-state index is 0.250. The first-order valence-electron chi connectivity index (χ1n) is 6.78. The molecule has 0 amide bonds. The summed E-state index contributed by atoms with van der Waals surface area (Å²) in [7, 11) is 1.34. The molecule has 0 unspecified atom stereocenters. The first kappa shape index (κ1) is 15.8. The van der Waals surface area contributed by atoms with Gasteiger partial charge in [-0.25, -0.2) is 9.78 Å². The molecule has 3 rings (SSSR count). The standard InChI is InChI=1S/C17H12BrClN2O2/c1-23-17(22)15-10-21(14-8-4-12(18)5-9-14)16(20-15)11-2-6-13(19)7-3-11/h2-10H,1H3. The van der Waals surface area contributed by atoms with Gasteiger partial charge in [-0.05, 0) is 48.5 Å². The van der Waals surface area contributed by atoms with E-state index in [2.05, 4.69) is 20.9 Å². The molecule has 23 heavy (non-hydrogen) atoms. The molecule has 1 heterocycles. The highest BCUT2D eigenvalue weighted by Gasteiger charge is 2.17. The van der Waals surface area contributed by atoms with Crippen molar-refractivity contribution in [2.45, 2.75) is 0 Å². The number of carbonyl (C=O) groups excluding carboxylic acids is 1. The van der Waals surface area contributed by atoms with Crippen LogP contribution in [-0.4, -0.2) is 22.6 Å². The summed E-state index contributed by atoms with van der Waals surface area (Å²) in [5.74, 6) is 0.167. The number of ether oxygens (including phenoxy) is 1. The molecule has 0 aliphatic rings. The second-order valence-corrected chi connectivity index (χ2v) is 6.15. The number of carbonyl (C=O) groups is 1. The Morgan fingerprint density at radius 2 is 1.78 bits per heavy atom. The van der Waals surface area contributed by atoms with Crippen LogP contribution in [0.25, 0.3) is 17.1 Å².